The van der Waals surface area contributed by atoms with Gasteiger partial charge in [-0.15, -0.1) is 11.3 Å². The van der Waals surface area contributed by atoms with E-state index >= 15 is 0 Å². The van der Waals surface area contributed by atoms with Crippen LogP contribution < -0.4 is 10.6 Å². The van der Waals surface area contributed by atoms with E-state index in [0.717, 1.165) is 26.1 Å². The van der Waals surface area contributed by atoms with Crippen LogP contribution in [0.4, 0.5) is 0 Å². The molecule has 1 aliphatic heterocycles. The Morgan fingerprint density at radius 2 is 2.60 bits per heavy atom. The molecule has 2 rings (SSSR count). The van der Waals surface area contributed by atoms with Crippen molar-refractivity contribution in [2.75, 3.05) is 31.1 Å². The van der Waals surface area contributed by atoms with Crippen LogP contribution in [0.3, 0.4) is 0 Å². The highest BCUT2D eigenvalue weighted by Gasteiger charge is 2.11. The maximum absolute atomic E-state index is 4.26. The first-order valence-electron chi connectivity index (χ1n) is 5.35. The van der Waals surface area contributed by atoms with Gasteiger partial charge < -0.3 is 10.6 Å². The second-order valence-electron chi connectivity index (χ2n) is 3.61. The minimum absolute atomic E-state index is 0.653. The van der Waals surface area contributed by atoms with Gasteiger partial charge in [-0.2, -0.15) is 11.8 Å². The Morgan fingerprint density at radius 3 is 3.33 bits per heavy atom. The van der Waals surface area contributed by atoms with Gasteiger partial charge in [0, 0.05) is 55.2 Å². The predicted molar refractivity (Wildman–Crippen MR) is 67.8 cm³/mol. The zero-order valence-corrected chi connectivity index (χ0v) is 10.4. The molecule has 84 valence electrons. The quantitative estimate of drug-likeness (QED) is 0.756. The van der Waals surface area contributed by atoms with Gasteiger partial charge in [0.25, 0.3) is 0 Å². The Balaban J connectivity index is 1.54. The van der Waals surface area contributed by atoms with Gasteiger partial charge in [0.2, 0.25) is 0 Å². The fraction of sp³-hybridized carbons (Fsp3) is 0.700. The monoisotopic (exact) mass is 243 g/mol. The Hall–Kier alpha value is -0.100. The maximum Gasteiger partial charge on any atom is 0.0937 e. The Kier molecular flexibility index (Phi) is 4.92. The number of thiazole rings is 1. The number of hydrogen-bond acceptors (Lipinski definition) is 5. The molecule has 1 aliphatic rings. The molecule has 0 aromatic carbocycles. The fourth-order valence-corrected chi connectivity index (χ4v) is 3.17. The SMILES string of the molecule is c1csc(CCNCC2CSCCN2)n1. The van der Waals surface area contributed by atoms with E-state index in [1.807, 2.05) is 23.3 Å². The van der Waals surface area contributed by atoms with Gasteiger partial charge in [0.1, 0.15) is 0 Å². The Labute approximate surface area is 99.1 Å². The normalized spacial score (nSPS) is 21.7. The molecule has 15 heavy (non-hydrogen) atoms. The lowest BCUT2D eigenvalue weighted by Gasteiger charge is -2.23. The van der Waals surface area contributed by atoms with E-state index in [1.54, 1.807) is 11.3 Å². The van der Waals surface area contributed by atoms with E-state index in [9.17, 15) is 0 Å². The third-order valence-electron chi connectivity index (χ3n) is 2.39. The van der Waals surface area contributed by atoms with Gasteiger partial charge in [-0.3, -0.25) is 0 Å². The van der Waals surface area contributed by atoms with Crippen molar-refractivity contribution in [3.05, 3.63) is 16.6 Å². The van der Waals surface area contributed by atoms with Crippen LogP contribution in [0.25, 0.3) is 0 Å². The molecule has 1 aromatic heterocycles. The lowest BCUT2D eigenvalue weighted by molar-refractivity contribution is 0.515. The predicted octanol–water partition coefficient (Wildman–Crippen LogP) is 0.980. The minimum Gasteiger partial charge on any atom is -0.315 e. The minimum atomic E-state index is 0.653. The van der Waals surface area contributed by atoms with Crippen LogP contribution in [0.15, 0.2) is 11.6 Å². The van der Waals surface area contributed by atoms with Gasteiger partial charge in [-0.05, 0) is 0 Å². The van der Waals surface area contributed by atoms with E-state index in [2.05, 4.69) is 15.6 Å². The molecule has 0 aliphatic carbocycles. The van der Waals surface area contributed by atoms with E-state index in [1.165, 1.54) is 16.5 Å². The zero-order chi connectivity index (χ0) is 10.3. The summed E-state index contributed by atoms with van der Waals surface area (Å²) in [6, 6.07) is 0.653. The van der Waals surface area contributed by atoms with Crippen molar-refractivity contribution in [1.29, 1.82) is 0 Å². The number of aromatic nitrogens is 1. The summed E-state index contributed by atoms with van der Waals surface area (Å²) in [5.41, 5.74) is 0. The van der Waals surface area contributed by atoms with Crippen LogP contribution in [-0.4, -0.2) is 42.2 Å². The summed E-state index contributed by atoms with van der Waals surface area (Å²) < 4.78 is 0. The number of nitrogens with one attached hydrogen (secondary N) is 2. The number of rotatable bonds is 5. The molecule has 1 saturated heterocycles. The van der Waals surface area contributed by atoms with Crippen molar-refractivity contribution in [2.45, 2.75) is 12.5 Å². The van der Waals surface area contributed by atoms with Crippen LogP contribution >= 0.6 is 23.1 Å². The van der Waals surface area contributed by atoms with Crippen LogP contribution in [-0.2, 0) is 6.42 Å². The molecule has 5 heteroatoms. The second kappa shape index (κ2) is 6.48. The van der Waals surface area contributed by atoms with Crippen LogP contribution in [0.1, 0.15) is 5.01 Å². The number of nitrogens with zero attached hydrogens (tertiary/aromatic N) is 1. The number of hydrogen-bond donors (Lipinski definition) is 2. The lowest BCUT2D eigenvalue weighted by atomic mass is 10.3. The van der Waals surface area contributed by atoms with Gasteiger partial charge >= 0.3 is 0 Å². The third-order valence-corrected chi connectivity index (χ3v) is 4.36. The van der Waals surface area contributed by atoms with Crippen molar-refractivity contribution in [2.24, 2.45) is 0 Å². The molecule has 3 nitrogen and oxygen atoms in total. The average molecular weight is 243 g/mol. The van der Waals surface area contributed by atoms with Crippen molar-refractivity contribution in [3.8, 4) is 0 Å². The first-order valence-corrected chi connectivity index (χ1v) is 7.39. The third kappa shape index (κ3) is 4.10. The van der Waals surface area contributed by atoms with Crippen molar-refractivity contribution in [3.63, 3.8) is 0 Å². The van der Waals surface area contributed by atoms with E-state index in [0.29, 0.717) is 6.04 Å². The molecule has 0 amide bonds. The summed E-state index contributed by atoms with van der Waals surface area (Å²) in [6.45, 7) is 3.28. The number of thioether (sulfide) groups is 1. The first-order chi connectivity index (χ1) is 7.45. The summed E-state index contributed by atoms with van der Waals surface area (Å²) in [4.78, 5) is 4.26. The van der Waals surface area contributed by atoms with Crippen LogP contribution in [0.5, 0.6) is 0 Å². The highest BCUT2D eigenvalue weighted by atomic mass is 32.2. The molecular formula is C10H17N3S2. The van der Waals surface area contributed by atoms with Gasteiger partial charge in [-0.25, -0.2) is 4.98 Å². The van der Waals surface area contributed by atoms with Crippen molar-refractivity contribution in [1.82, 2.24) is 15.6 Å². The van der Waals surface area contributed by atoms with Gasteiger partial charge in [-0.1, -0.05) is 0 Å². The summed E-state index contributed by atoms with van der Waals surface area (Å²) in [6.07, 6.45) is 2.93. The van der Waals surface area contributed by atoms with Crippen molar-refractivity contribution >= 4 is 23.1 Å². The molecule has 1 unspecified atom stereocenters. The summed E-state index contributed by atoms with van der Waals surface area (Å²) in [7, 11) is 0. The molecule has 0 saturated carbocycles. The molecular weight excluding hydrogens is 226 g/mol. The Morgan fingerprint density at radius 1 is 1.60 bits per heavy atom. The van der Waals surface area contributed by atoms with Gasteiger partial charge in [0.15, 0.2) is 0 Å². The molecule has 1 aromatic rings. The fourth-order valence-electron chi connectivity index (χ4n) is 1.60. The van der Waals surface area contributed by atoms with E-state index in [-0.39, 0.29) is 0 Å². The smallest absolute Gasteiger partial charge is 0.0937 e. The zero-order valence-electron chi connectivity index (χ0n) is 8.74. The Bertz CT molecular complexity index is 258. The summed E-state index contributed by atoms with van der Waals surface area (Å²) >= 11 is 3.78. The van der Waals surface area contributed by atoms with E-state index < -0.39 is 0 Å². The first kappa shape index (κ1) is 11.4. The van der Waals surface area contributed by atoms with Crippen molar-refractivity contribution < 1.29 is 0 Å². The standard InChI is InChI=1S/C10H17N3S2/c1(10-13-4-6-15-10)2-11-7-9-8-14-5-3-12-9/h4,6,9,11-12H,1-3,5,7-8H2. The maximum atomic E-state index is 4.26. The molecule has 0 radical (unpaired) electrons. The largest absolute Gasteiger partial charge is 0.315 e. The van der Waals surface area contributed by atoms with Gasteiger partial charge in [0.05, 0.1) is 5.01 Å². The molecule has 0 spiro atoms. The molecule has 0 bridgehead atoms. The van der Waals surface area contributed by atoms with E-state index in [4.69, 9.17) is 0 Å². The van der Waals surface area contributed by atoms with Crippen LogP contribution in [0.2, 0.25) is 0 Å². The highest BCUT2D eigenvalue weighted by molar-refractivity contribution is 7.99. The molecule has 2 heterocycles. The lowest BCUT2D eigenvalue weighted by Crippen LogP contribution is -2.44. The second-order valence-corrected chi connectivity index (χ2v) is 5.73. The van der Waals surface area contributed by atoms with Crippen LogP contribution in [0, 0.1) is 0 Å². The molecule has 1 atom stereocenters. The highest BCUT2D eigenvalue weighted by Crippen LogP contribution is 2.07. The summed E-state index contributed by atoms with van der Waals surface area (Å²) in [5, 5.41) is 10.3. The summed E-state index contributed by atoms with van der Waals surface area (Å²) in [5.74, 6) is 2.50. The topological polar surface area (TPSA) is 37.0 Å². The average Bonchev–Trinajstić information content (AvgIpc) is 2.79. The molecule has 2 N–H and O–H groups in total. The molecule has 1 fully saturated rings.